The highest BCUT2D eigenvalue weighted by Crippen LogP contribution is 2.41. The Labute approximate surface area is 114 Å². The summed E-state index contributed by atoms with van der Waals surface area (Å²) in [5.74, 6) is 3.80. The van der Waals surface area contributed by atoms with Crippen LogP contribution in [0, 0.1) is 23.7 Å². The minimum atomic E-state index is 0.824. The fraction of sp³-hybridized carbons (Fsp3) is 0.778. The van der Waals surface area contributed by atoms with E-state index in [0.717, 1.165) is 23.7 Å². The molecule has 0 aromatic carbocycles. The van der Waals surface area contributed by atoms with E-state index in [1.165, 1.54) is 57.8 Å². The van der Waals surface area contributed by atoms with Gasteiger partial charge in [-0.15, -0.1) is 6.58 Å². The van der Waals surface area contributed by atoms with Crippen LogP contribution < -0.4 is 0 Å². The number of hydrogen-bond donors (Lipinski definition) is 0. The molecule has 2 saturated carbocycles. The fourth-order valence-electron chi connectivity index (χ4n) is 3.99. The van der Waals surface area contributed by atoms with Gasteiger partial charge in [-0.05, 0) is 81.5 Å². The first-order valence-electron chi connectivity index (χ1n) is 8.12. The number of allylic oxidation sites excluding steroid dienone is 3. The Morgan fingerprint density at radius 2 is 1.33 bits per heavy atom. The third-order valence-electron chi connectivity index (χ3n) is 5.28. The van der Waals surface area contributed by atoms with Crippen LogP contribution in [-0.2, 0) is 0 Å². The molecule has 0 N–H and O–H groups in total. The van der Waals surface area contributed by atoms with Gasteiger partial charge < -0.3 is 0 Å². The lowest BCUT2D eigenvalue weighted by Crippen LogP contribution is -2.25. The molecule has 0 nitrogen and oxygen atoms in total. The summed E-state index contributed by atoms with van der Waals surface area (Å²) in [5.41, 5.74) is 0. The molecule has 0 unspecified atom stereocenters. The molecule has 0 atom stereocenters. The highest BCUT2D eigenvalue weighted by atomic mass is 14.3. The largest absolute Gasteiger partial charge is 0.103 e. The van der Waals surface area contributed by atoms with Crippen molar-refractivity contribution in [3.8, 4) is 0 Å². The Kier molecular flexibility index (Phi) is 5.53. The molecule has 0 spiro atoms. The molecule has 0 aromatic heterocycles. The smallest absolute Gasteiger partial charge is 0.0233 e. The monoisotopic (exact) mass is 246 g/mol. The van der Waals surface area contributed by atoms with Crippen LogP contribution in [0.1, 0.15) is 64.7 Å². The maximum absolute atomic E-state index is 3.95. The van der Waals surface area contributed by atoms with Crippen molar-refractivity contribution in [1.82, 2.24) is 0 Å². The van der Waals surface area contributed by atoms with Crippen molar-refractivity contribution in [3.63, 3.8) is 0 Å². The molecular formula is C18H30. The summed E-state index contributed by atoms with van der Waals surface area (Å²) in [4.78, 5) is 0. The van der Waals surface area contributed by atoms with Crippen molar-refractivity contribution in [1.29, 1.82) is 0 Å². The van der Waals surface area contributed by atoms with Gasteiger partial charge in [0.1, 0.15) is 0 Å². The van der Waals surface area contributed by atoms with E-state index in [1.807, 2.05) is 0 Å². The second-order valence-corrected chi connectivity index (χ2v) is 6.42. The maximum atomic E-state index is 3.95. The topological polar surface area (TPSA) is 0 Å². The summed E-state index contributed by atoms with van der Waals surface area (Å²) in [5, 5.41) is 0. The van der Waals surface area contributed by atoms with Crippen molar-refractivity contribution in [2.24, 2.45) is 23.7 Å². The molecule has 0 aromatic rings. The van der Waals surface area contributed by atoms with Gasteiger partial charge in [0.05, 0.1) is 0 Å². The molecule has 0 heterocycles. The molecule has 102 valence electrons. The van der Waals surface area contributed by atoms with Crippen molar-refractivity contribution in [2.75, 3.05) is 0 Å². The quantitative estimate of drug-likeness (QED) is 0.554. The average molecular weight is 246 g/mol. The van der Waals surface area contributed by atoms with Crippen LogP contribution in [-0.4, -0.2) is 0 Å². The van der Waals surface area contributed by atoms with Crippen LogP contribution in [0.3, 0.4) is 0 Å². The highest BCUT2D eigenvalue weighted by Gasteiger charge is 2.29. The van der Waals surface area contributed by atoms with Crippen LogP contribution in [0.5, 0.6) is 0 Å². The molecule has 0 saturated heterocycles. The molecule has 2 aliphatic rings. The SMILES string of the molecule is C=CC1CCC(C2CCC(/C=C/CC)CC2)CC1. The molecule has 0 bridgehead atoms. The second kappa shape index (κ2) is 7.16. The van der Waals surface area contributed by atoms with E-state index in [0.29, 0.717) is 0 Å². The van der Waals surface area contributed by atoms with Crippen molar-refractivity contribution in [3.05, 3.63) is 24.8 Å². The second-order valence-electron chi connectivity index (χ2n) is 6.42. The first kappa shape index (κ1) is 13.9. The minimum absolute atomic E-state index is 0.824. The Bertz CT molecular complexity index is 260. The lowest BCUT2D eigenvalue weighted by atomic mass is 9.69. The number of rotatable bonds is 4. The summed E-state index contributed by atoms with van der Waals surface area (Å²) < 4.78 is 0. The number of hydrogen-bond acceptors (Lipinski definition) is 0. The van der Waals surface area contributed by atoms with Crippen LogP contribution in [0.25, 0.3) is 0 Å². The standard InChI is InChI=1S/C18H30/c1-3-5-6-16-9-13-18(14-10-16)17-11-7-15(4-2)8-12-17/h4-6,15-18H,2-3,7-14H2,1H3/b6-5+. The van der Waals surface area contributed by atoms with Crippen LogP contribution in [0.15, 0.2) is 24.8 Å². The molecule has 2 fully saturated rings. The molecule has 2 rings (SSSR count). The van der Waals surface area contributed by atoms with E-state index in [9.17, 15) is 0 Å². The molecule has 0 heteroatoms. The van der Waals surface area contributed by atoms with Gasteiger partial charge in [0, 0.05) is 0 Å². The molecule has 2 aliphatic carbocycles. The highest BCUT2D eigenvalue weighted by molar-refractivity contribution is 4.92. The predicted molar refractivity (Wildman–Crippen MR) is 80.5 cm³/mol. The third-order valence-corrected chi connectivity index (χ3v) is 5.28. The zero-order valence-electron chi connectivity index (χ0n) is 12.1. The first-order valence-corrected chi connectivity index (χ1v) is 8.12. The normalized spacial score (nSPS) is 37.8. The summed E-state index contributed by atoms with van der Waals surface area (Å²) >= 11 is 0. The Morgan fingerprint density at radius 3 is 1.78 bits per heavy atom. The molecule has 0 aliphatic heterocycles. The average Bonchev–Trinajstić information content (AvgIpc) is 2.46. The van der Waals surface area contributed by atoms with Gasteiger partial charge in [0.15, 0.2) is 0 Å². The summed E-state index contributed by atoms with van der Waals surface area (Å²) in [6, 6.07) is 0. The first-order chi connectivity index (χ1) is 8.83. The van der Waals surface area contributed by atoms with E-state index in [2.05, 4.69) is 31.7 Å². The van der Waals surface area contributed by atoms with Crippen LogP contribution >= 0.6 is 0 Å². The zero-order chi connectivity index (χ0) is 12.8. The van der Waals surface area contributed by atoms with Gasteiger partial charge in [-0.25, -0.2) is 0 Å². The van der Waals surface area contributed by atoms with Gasteiger partial charge in [-0.3, -0.25) is 0 Å². The van der Waals surface area contributed by atoms with Crippen LogP contribution in [0.4, 0.5) is 0 Å². The Hall–Kier alpha value is -0.520. The summed E-state index contributed by atoms with van der Waals surface area (Å²) in [7, 11) is 0. The summed E-state index contributed by atoms with van der Waals surface area (Å²) in [6.45, 7) is 6.19. The van der Waals surface area contributed by atoms with Gasteiger partial charge in [-0.1, -0.05) is 25.2 Å². The Balaban J connectivity index is 1.73. The van der Waals surface area contributed by atoms with E-state index in [4.69, 9.17) is 0 Å². The zero-order valence-corrected chi connectivity index (χ0v) is 12.1. The minimum Gasteiger partial charge on any atom is -0.103 e. The van der Waals surface area contributed by atoms with Crippen LogP contribution in [0.2, 0.25) is 0 Å². The lowest BCUT2D eigenvalue weighted by Gasteiger charge is -2.36. The van der Waals surface area contributed by atoms with Crippen molar-refractivity contribution >= 4 is 0 Å². The summed E-state index contributed by atoms with van der Waals surface area (Å²) in [6.07, 6.45) is 19.8. The molecular weight excluding hydrogens is 216 g/mol. The molecule has 0 radical (unpaired) electrons. The van der Waals surface area contributed by atoms with Gasteiger partial charge in [0.25, 0.3) is 0 Å². The molecule has 18 heavy (non-hydrogen) atoms. The van der Waals surface area contributed by atoms with E-state index in [1.54, 1.807) is 0 Å². The van der Waals surface area contributed by atoms with Crippen molar-refractivity contribution < 1.29 is 0 Å². The van der Waals surface area contributed by atoms with Gasteiger partial charge in [-0.2, -0.15) is 0 Å². The van der Waals surface area contributed by atoms with Crippen molar-refractivity contribution in [2.45, 2.75) is 64.7 Å². The van der Waals surface area contributed by atoms with E-state index < -0.39 is 0 Å². The fourth-order valence-corrected chi connectivity index (χ4v) is 3.99. The molecule has 0 amide bonds. The predicted octanol–water partition coefficient (Wildman–Crippen LogP) is 5.75. The van der Waals surface area contributed by atoms with E-state index >= 15 is 0 Å². The maximum Gasteiger partial charge on any atom is -0.0233 e. The third kappa shape index (κ3) is 3.73. The Morgan fingerprint density at radius 1 is 0.833 bits per heavy atom. The lowest BCUT2D eigenvalue weighted by molar-refractivity contribution is 0.166. The van der Waals surface area contributed by atoms with Gasteiger partial charge >= 0.3 is 0 Å². The van der Waals surface area contributed by atoms with E-state index in [-0.39, 0.29) is 0 Å². The van der Waals surface area contributed by atoms with Gasteiger partial charge in [0.2, 0.25) is 0 Å².